The number of carbonyl (C=O) groups excluding carboxylic acids is 1. The lowest BCUT2D eigenvalue weighted by Crippen LogP contribution is -2.11. The number of hydrogen-bond donors (Lipinski definition) is 0. The van der Waals surface area contributed by atoms with Gasteiger partial charge < -0.3 is 9.47 Å². The smallest absolute Gasteiger partial charge is 0.154 e. The Labute approximate surface area is 124 Å². The van der Waals surface area contributed by atoms with Crippen LogP contribution in [0.4, 0.5) is 0 Å². The number of halogens is 1. The molecule has 0 unspecified atom stereocenters. The second kappa shape index (κ2) is 15.1. The van der Waals surface area contributed by atoms with E-state index in [-0.39, 0.29) is 6.29 Å². The van der Waals surface area contributed by atoms with Gasteiger partial charge in [0, 0.05) is 23.2 Å². The lowest BCUT2D eigenvalue weighted by atomic mass is 10.2. The lowest BCUT2D eigenvalue weighted by Gasteiger charge is -2.09. The van der Waals surface area contributed by atoms with E-state index >= 15 is 0 Å². The van der Waals surface area contributed by atoms with Crippen LogP contribution in [0.25, 0.3) is 0 Å². The average Bonchev–Trinajstić information content (AvgIpc) is 2.42. The maximum absolute atomic E-state index is 10.1. The minimum absolute atomic E-state index is 0.0370. The zero-order valence-electron chi connectivity index (χ0n) is 11.9. The van der Waals surface area contributed by atoms with Crippen molar-refractivity contribution in [3.8, 4) is 0 Å². The summed E-state index contributed by atoms with van der Waals surface area (Å²) >= 11 is 3.24. The van der Waals surface area contributed by atoms with Crippen molar-refractivity contribution in [3.63, 3.8) is 0 Å². The molecule has 0 saturated heterocycles. The first-order chi connectivity index (χ1) is 9.13. The van der Waals surface area contributed by atoms with Crippen LogP contribution in [0.5, 0.6) is 0 Å². The highest BCUT2D eigenvalue weighted by molar-refractivity contribution is 9.10. The molecule has 0 aliphatic heterocycles. The van der Waals surface area contributed by atoms with Gasteiger partial charge >= 0.3 is 0 Å². The second-order valence-electron chi connectivity index (χ2n) is 3.15. The summed E-state index contributed by atoms with van der Waals surface area (Å²) in [6, 6.07) is 7.24. The van der Waals surface area contributed by atoms with Crippen LogP contribution in [0, 0.1) is 0 Å². The molecular weight excluding hydrogens is 308 g/mol. The molecule has 19 heavy (non-hydrogen) atoms. The van der Waals surface area contributed by atoms with Crippen molar-refractivity contribution < 1.29 is 14.3 Å². The molecular formula is C15H23BrO3. The molecule has 0 fully saturated rings. The van der Waals surface area contributed by atoms with Crippen molar-refractivity contribution in [2.75, 3.05) is 13.2 Å². The van der Waals surface area contributed by atoms with Gasteiger partial charge in [0.1, 0.15) is 6.29 Å². The minimum atomic E-state index is -0.0370. The van der Waals surface area contributed by atoms with Crippen molar-refractivity contribution >= 4 is 22.2 Å². The quantitative estimate of drug-likeness (QED) is 0.454. The first kappa shape index (κ1) is 20.3. The molecule has 0 amide bonds. The number of rotatable bonds is 5. The Morgan fingerprint density at radius 2 is 1.79 bits per heavy atom. The lowest BCUT2D eigenvalue weighted by molar-refractivity contribution is -0.123. The maximum atomic E-state index is 10.1. The van der Waals surface area contributed by atoms with Crippen LogP contribution >= 0.6 is 15.9 Å². The Bertz CT molecular complexity index is 323. The molecule has 0 aliphatic rings. The van der Waals surface area contributed by atoms with Crippen LogP contribution in [-0.2, 0) is 9.47 Å². The Balaban J connectivity index is 0. The molecule has 0 aromatic heterocycles. The Hall–Kier alpha value is -0.970. The van der Waals surface area contributed by atoms with E-state index in [9.17, 15) is 4.79 Å². The predicted molar refractivity (Wildman–Crippen MR) is 83.5 cm³/mol. The standard InChI is InChI=1S/C7H5BrO.C6H14O2.C2H4/c8-7-3-1-2-6(4-7)5-9;1-4-7-6(3)8-5-2;1-2/h1-5H;6H,4-5H2,1-3H3;1-2H2. The van der Waals surface area contributed by atoms with Gasteiger partial charge in [-0.2, -0.15) is 0 Å². The van der Waals surface area contributed by atoms with Gasteiger partial charge in [0.2, 0.25) is 0 Å². The summed E-state index contributed by atoms with van der Waals surface area (Å²) < 4.78 is 11.1. The Morgan fingerprint density at radius 1 is 1.26 bits per heavy atom. The fourth-order valence-corrected chi connectivity index (χ4v) is 1.51. The third kappa shape index (κ3) is 13.3. The van der Waals surface area contributed by atoms with Crippen LogP contribution in [0.15, 0.2) is 41.9 Å². The van der Waals surface area contributed by atoms with Crippen molar-refractivity contribution in [1.82, 2.24) is 0 Å². The summed E-state index contributed by atoms with van der Waals surface area (Å²) in [5, 5.41) is 0. The zero-order chi connectivity index (χ0) is 15.1. The van der Waals surface area contributed by atoms with E-state index in [4.69, 9.17) is 9.47 Å². The fraction of sp³-hybridized carbons (Fsp3) is 0.400. The van der Waals surface area contributed by atoms with Crippen molar-refractivity contribution in [2.45, 2.75) is 27.1 Å². The predicted octanol–water partition coefficient (Wildman–Crippen LogP) is 4.47. The number of aldehydes is 1. The van der Waals surface area contributed by atoms with Crippen LogP contribution in [0.3, 0.4) is 0 Å². The van der Waals surface area contributed by atoms with Crippen molar-refractivity contribution in [2.24, 2.45) is 0 Å². The van der Waals surface area contributed by atoms with E-state index in [1.165, 1.54) is 0 Å². The Morgan fingerprint density at radius 3 is 2.11 bits per heavy atom. The molecule has 1 rings (SSSR count). The van der Waals surface area contributed by atoms with Crippen LogP contribution in [-0.4, -0.2) is 25.8 Å². The summed E-state index contributed by atoms with van der Waals surface area (Å²) in [6.45, 7) is 13.3. The topological polar surface area (TPSA) is 35.5 Å². The molecule has 0 spiro atoms. The van der Waals surface area contributed by atoms with Gasteiger partial charge in [-0.15, -0.1) is 13.2 Å². The first-order valence-electron chi connectivity index (χ1n) is 6.08. The van der Waals surface area contributed by atoms with Gasteiger partial charge in [-0.25, -0.2) is 0 Å². The minimum Gasteiger partial charge on any atom is -0.353 e. The van der Waals surface area contributed by atoms with Crippen LogP contribution in [0.2, 0.25) is 0 Å². The summed E-state index contributed by atoms with van der Waals surface area (Å²) in [4.78, 5) is 10.1. The number of benzene rings is 1. The largest absolute Gasteiger partial charge is 0.353 e. The molecule has 4 heteroatoms. The normalized spacial score (nSPS) is 8.89. The van der Waals surface area contributed by atoms with E-state index in [1.807, 2.05) is 32.9 Å². The molecule has 0 atom stereocenters. The van der Waals surface area contributed by atoms with Gasteiger partial charge in [0.25, 0.3) is 0 Å². The fourth-order valence-electron chi connectivity index (χ4n) is 1.10. The van der Waals surface area contributed by atoms with Crippen LogP contribution < -0.4 is 0 Å². The third-order valence-electron chi connectivity index (χ3n) is 1.79. The van der Waals surface area contributed by atoms with E-state index in [0.717, 1.165) is 24.0 Å². The summed E-state index contributed by atoms with van der Waals surface area (Å²) in [6.07, 6.45) is 0.787. The number of carbonyl (C=O) groups is 1. The van der Waals surface area contributed by atoms with Crippen molar-refractivity contribution in [3.05, 3.63) is 47.5 Å². The molecule has 0 N–H and O–H groups in total. The zero-order valence-corrected chi connectivity index (χ0v) is 13.5. The molecule has 3 nitrogen and oxygen atoms in total. The molecule has 0 radical (unpaired) electrons. The van der Waals surface area contributed by atoms with E-state index in [0.29, 0.717) is 5.56 Å². The molecule has 0 aliphatic carbocycles. The third-order valence-corrected chi connectivity index (χ3v) is 2.28. The Kier molecular flexibility index (Phi) is 16.2. The summed E-state index contributed by atoms with van der Waals surface area (Å²) in [5.41, 5.74) is 0.698. The second-order valence-corrected chi connectivity index (χ2v) is 4.07. The highest BCUT2D eigenvalue weighted by atomic mass is 79.9. The maximum Gasteiger partial charge on any atom is 0.154 e. The number of hydrogen-bond acceptors (Lipinski definition) is 3. The molecule has 108 valence electrons. The molecule has 0 heterocycles. The van der Waals surface area contributed by atoms with Gasteiger partial charge in [-0.1, -0.05) is 28.1 Å². The monoisotopic (exact) mass is 330 g/mol. The van der Waals surface area contributed by atoms with Crippen molar-refractivity contribution in [1.29, 1.82) is 0 Å². The van der Waals surface area contributed by atoms with Gasteiger partial charge in [-0.3, -0.25) is 4.79 Å². The van der Waals surface area contributed by atoms with Gasteiger partial charge in [-0.05, 0) is 32.9 Å². The van der Waals surface area contributed by atoms with E-state index in [1.54, 1.807) is 12.1 Å². The van der Waals surface area contributed by atoms with E-state index in [2.05, 4.69) is 29.1 Å². The number of ether oxygens (including phenoxy) is 2. The summed E-state index contributed by atoms with van der Waals surface area (Å²) in [5.74, 6) is 0. The average molecular weight is 331 g/mol. The van der Waals surface area contributed by atoms with Gasteiger partial charge in [0.15, 0.2) is 6.29 Å². The summed E-state index contributed by atoms with van der Waals surface area (Å²) in [7, 11) is 0. The highest BCUT2D eigenvalue weighted by Gasteiger charge is 1.94. The molecule has 0 saturated carbocycles. The molecule has 1 aromatic rings. The van der Waals surface area contributed by atoms with E-state index < -0.39 is 0 Å². The SMILES string of the molecule is C=C.CCOC(C)OCC.O=Cc1cccc(Br)c1. The van der Waals surface area contributed by atoms with Crippen LogP contribution in [0.1, 0.15) is 31.1 Å². The van der Waals surface area contributed by atoms with Gasteiger partial charge in [0.05, 0.1) is 0 Å². The highest BCUT2D eigenvalue weighted by Crippen LogP contribution is 2.09. The molecule has 1 aromatic carbocycles. The molecule has 0 bridgehead atoms. The first-order valence-corrected chi connectivity index (χ1v) is 6.87.